The van der Waals surface area contributed by atoms with Gasteiger partial charge in [0, 0.05) is 48.9 Å². The van der Waals surface area contributed by atoms with Gasteiger partial charge in [0.25, 0.3) is 5.91 Å². The van der Waals surface area contributed by atoms with Crippen molar-refractivity contribution in [1.82, 2.24) is 19.5 Å². The summed E-state index contributed by atoms with van der Waals surface area (Å²) >= 11 is 0. The number of H-pyrrole nitrogens is 1. The third-order valence-electron chi connectivity index (χ3n) is 4.61. The summed E-state index contributed by atoms with van der Waals surface area (Å²) in [5.41, 5.74) is 1.47. The second kappa shape index (κ2) is 6.78. The zero-order chi connectivity index (χ0) is 18.2. The van der Waals surface area contributed by atoms with Crippen LogP contribution in [0.15, 0.2) is 30.5 Å². The van der Waals surface area contributed by atoms with E-state index in [9.17, 15) is 13.2 Å². The lowest BCUT2D eigenvalue weighted by Gasteiger charge is -2.22. The minimum Gasteiger partial charge on any atom is -0.361 e. The second-order valence-electron chi connectivity index (χ2n) is 6.96. The van der Waals surface area contributed by atoms with Gasteiger partial charge in [0.15, 0.2) is 0 Å². The van der Waals surface area contributed by atoms with Crippen molar-refractivity contribution in [2.75, 3.05) is 40.0 Å². The molecule has 8 heteroatoms. The number of carbonyl (C=O) groups excluding carboxylic acids is 1. The van der Waals surface area contributed by atoms with Gasteiger partial charge >= 0.3 is 0 Å². The molecule has 1 aromatic heterocycles. The molecule has 0 unspecified atom stereocenters. The highest BCUT2D eigenvalue weighted by molar-refractivity contribution is 7.88. The predicted octanol–water partition coefficient (Wildman–Crippen LogP) is 0.719. The molecule has 0 bridgehead atoms. The van der Waals surface area contributed by atoms with Crippen molar-refractivity contribution in [3.63, 3.8) is 0 Å². The Labute approximate surface area is 148 Å². The van der Waals surface area contributed by atoms with E-state index in [-0.39, 0.29) is 17.9 Å². The highest BCUT2D eigenvalue weighted by Gasteiger charge is 2.38. The van der Waals surface area contributed by atoms with Crippen LogP contribution in [0.5, 0.6) is 0 Å². The number of carbonyl (C=O) groups is 1. The predicted molar refractivity (Wildman–Crippen MR) is 98.0 cm³/mol. The van der Waals surface area contributed by atoms with Gasteiger partial charge in [-0.3, -0.25) is 4.79 Å². The molecular weight excluding hydrogens is 340 g/mol. The van der Waals surface area contributed by atoms with Gasteiger partial charge in [-0.25, -0.2) is 8.42 Å². The quantitative estimate of drug-likeness (QED) is 0.819. The lowest BCUT2D eigenvalue weighted by atomic mass is 10.0. The third kappa shape index (κ3) is 4.02. The molecular formula is C17H24N4O3S. The highest BCUT2D eigenvalue weighted by Crippen LogP contribution is 2.21. The Kier molecular flexibility index (Phi) is 4.86. The van der Waals surface area contributed by atoms with Crippen LogP contribution in [0.4, 0.5) is 0 Å². The normalized spacial score (nSPS) is 21.9. The molecule has 7 nitrogen and oxygen atoms in total. The van der Waals surface area contributed by atoms with E-state index in [1.807, 2.05) is 43.4 Å². The Bertz CT molecular complexity index is 875. The van der Waals surface area contributed by atoms with E-state index in [4.69, 9.17) is 0 Å². The Morgan fingerprint density at radius 1 is 1.32 bits per heavy atom. The molecule has 2 aromatic rings. The number of fused-ring (bicyclic) bond motifs is 1. The first-order valence-corrected chi connectivity index (χ1v) is 10.1. The first-order chi connectivity index (χ1) is 11.7. The summed E-state index contributed by atoms with van der Waals surface area (Å²) in [7, 11) is 0.624. The van der Waals surface area contributed by atoms with Crippen molar-refractivity contribution in [2.45, 2.75) is 6.04 Å². The highest BCUT2D eigenvalue weighted by atomic mass is 32.2. The molecule has 25 heavy (non-hydrogen) atoms. The van der Waals surface area contributed by atoms with Gasteiger partial charge in [0.2, 0.25) is 10.0 Å². The third-order valence-corrected chi connectivity index (χ3v) is 5.85. The summed E-state index contributed by atoms with van der Waals surface area (Å²) < 4.78 is 25.2. The fourth-order valence-corrected chi connectivity index (χ4v) is 4.25. The topological polar surface area (TPSA) is 85.5 Å². The van der Waals surface area contributed by atoms with E-state index in [0.29, 0.717) is 25.2 Å². The number of aromatic nitrogens is 1. The summed E-state index contributed by atoms with van der Waals surface area (Å²) in [4.78, 5) is 17.8. The average Bonchev–Trinajstić information content (AvgIpc) is 3.12. The molecule has 1 saturated heterocycles. The van der Waals surface area contributed by atoms with Crippen LogP contribution < -0.4 is 5.32 Å². The lowest BCUT2D eigenvalue weighted by Crippen LogP contribution is -2.43. The second-order valence-corrected chi connectivity index (χ2v) is 8.94. The van der Waals surface area contributed by atoms with E-state index in [1.54, 1.807) is 6.07 Å². The van der Waals surface area contributed by atoms with Crippen molar-refractivity contribution in [3.8, 4) is 0 Å². The minimum absolute atomic E-state index is 0.0582. The van der Waals surface area contributed by atoms with Crippen molar-refractivity contribution in [1.29, 1.82) is 0 Å². The molecule has 1 aliphatic rings. The van der Waals surface area contributed by atoms with Crippen LogP contribution in [0.2, 0.25) is 0 Å². The Hall–Kier alpha value is -1.90. The van der Waals surface area contributed by atoms with E-state index in [0.717, 1.165) is 10.9 Å². The lowest BCUT2D eigenvalue weighted by molar-refractivity contribution is 0.0927. The molecule has 0 radical (unpaired) electrons. The average molecular weight is 364 g/mol. The molecule has 2 atom stereocenters. The van der Waals surface area contributed by atoms with Crippen LogP contribution >= 0.6 is 0 Å². The van der Waals surface area contributed by atoms with E-state index in [2.05, 4.69) is 10.3 Å². The first-order valence-electron chi connectivity index (χ1n) is 8.22. The van der Waals surface area contributed by atoms with Gasteiger partial charge in [0.05, 0.1) is 6.26 Å². The Morgan fingerprint density at radius 2 is 2.08 bits per heavy atom. The number of amides is 1. The Balaban J connectivity index is 1.77. The standard InChI is InChI=1S/C17H24N4O3S/c1-20(2)9-14-10-21(25(3,23)24)11-16(14)19-17(22)13-5-4-12-6-7-18-15(12)8-13/h4-8,14,16,18H,9-11H2,1-3H3,(H,19,22)/t14-,16-/m1/s1. The number of hydrogen-bond acceptors (Lipinski definition) is 4. The molecule has 1 aromatic carbocycles. The van der Waals surface area contributed by atoms with Crippen LogP contribution in [-0.4, -0.2) is 74.5 Å². The van der Waals surface area contributed by atoms with Crippen LogP contribution in [-0.2, 0) is 10.0 Å². The van der Waals surface area contributed by atoms with E-state index >= 15 is 0 Å². The number of nitrogens with zero attached hydrogens (tertiary/aromatic N) is 2. The summed E-state index contributed by atoms with van der Waals surface area (Å²) in [6, 6.07) is 7.24. The zero-order valence-corrected chi connectivity index (χ0v) is 15.5. The molecule has 2 N–H and O–H groups in total. The number of benzene rings is 1. The fraction of sp³-hybridized carbons (Fsp3) is 0.471. The van der Waals surface area contributed by atoms with Crippen molar-refractivity contribution < 1.29 is 13.2 Å². The molecule has 1 fully saturated rings. The number of sulfonamides is 1. The van der Waals surface area contributed by atoms with Gasteiger partial charge in [-0.05, 0) is 37.7 Å². The number of rotatable bonds is 5. The molecule has 1 aliphatic heterocycles. The van der Waals surface area contributed by atoms with Gasteiger partial charge in [-0.15, -0.1) is 0 Å². The van der Waals surface area contributed by atoms with Gasteiger partial charge in [-0.1, -0.05) is 6.07 Å². The van der Waals surface area contributed by atoms with Crippen LogP contribution in [0.25, 0.3) is 10.9 Å². The zero-order valence-electron chi connectivity index (χ0n) is 14.7. The summed E-state index contributed by atoms with van der Waals surface area (Å²) in [5, 5.41) is 4.07. The van der Waals surface area contributed by atoms with Crippen molar-refractivity contribution in [2.24, 2.45) is 5.92 Å². The summed E-state index contributed by atoms with van der Waals surface area (Å²) in [6.45, 7) is 1.46. The smallest absolute Gasteiger partial charge is 0.251 e. The van der Waals surface area contributed by atoms with Crippen LogP contribution in [0.1, 0.15) is 10.4 Å². The molecule has 0 spiro atoms. The fourth-order valence-electron chi connectivity index (χ4n) is 3.36. The monoisotopic (exact) mass is 364 g/mol. The number of hydrogen-bond donors (Lipinski definition) is 2. The van der Waals surface area contributed by atoms with Gasteiger partial charge in [-0.2, -0.15) is 4.31 Å². The number of nitrogens with one attached hydrogen (secondary N) is 2. The molecule has 1 amide bonds. The SMILES string of the molecule is CN(C)C[C@@H]1CN(S(C)(=O)=O)C[C@H]1NC(=O)c1ccc2cc[nH]c2c1. The maximum atomic E-state index is 12.6. The summed E-state index contributed by atoms with van der Waals surface area (Å²) in [5.74, 6) is -0.122. The summed E-state index contributed by atoms with van der Waals surface area (Å²) in [6.07, 6.45) is 3.05. The first kappa shape index (κ1) is 17.9. The number of aromatic amines is 1. The Morgan fingerprint density at radius 3 is 2.76 bits per heavy atom. The van der Waals surface area contributed by atoms with E-state index < -0.39 is 10.0 Å². The molecule has 136 valence electrons. The molecule has 3 rings (SSSR count). The molecule has 0 saturated carbocycles. The minimum atomic E-state index is -3.27. The van der Waals surface area contributed by atoms with E-state index in [1.165, 1.54) is 10.6 Å². The maximum absolute atomic E-state index is 12.6. The maximum Gasteiger partial charge on any atom is 0.251 e. The molecule has 2 heterocycles. The van der Waals surface area contributed by atoms with Gasteiger partial charge < -0.3 is 15.2 Å². The van der Waals surface area contributed by atoms with Crippen LogP contribution in [0.3, 0.4) is 0 Å². The molecule has 0 aliphatic carbocycles. The van der Waals surface area contributed by atoms with Crippen molar-refractivity contribution >= 4 is 26.8 Å². The van der Waals surface area contributed by atoms with Crippen LogP contribution in [0, 0.1) is 5.92 Å². The van der Waals surface area contributed by atoms with Crippen molar-refractivity contribution in [3.05, 3.63) is 36.0 Å². The largest absolute Gasteiger partial charge is 0.361 e. The van der Waals surface area contributed by atoms with Gasteiger partial charge in [0.1, 0.15) is 0 Å².